The van der Waals surface area contributed by atoms with Crippen molar-refractivity contribution in [3.63, 3.8) is 0 Å². The van der Waals surface area contributed by atoms with E-state index in [1.165, 1.54) is 11.8 Å². The summed E-state index contributed by atoms with van der Waals surface area (Å²) in [4.78, 5) is 73.8. The summed E-state index contributed by atoms with van der Waals surface area (Å²) in [5.41, 5.74) is 0. The van der Waals surface area contributed by atoms with Crippen LogP contribution in [-0.2, 0) is 24.0 Å². The SMILES string of the molecule is CNCCC(=O)N[C@@H](CCSC)C(=O)N[C@H](C(=O)N[C@@H](CCCCNC(=O)NCCCCCC(=O)C(C)C)C(=O)O)C(C)C. The molecular formula is C30H56N6O7S. The van der Waals surface area contributed by atoms with Crippen LogP contribution in [0.3, 0.4) is 0 Å². The second-order valence-electron chi connectivity index (χ2n) is 11.5. The van der Waals surface area contributed by atoms with Gasteiger partial charge in [-0.1, -0.05) is 34.1 Å². The molecule has 0 heterocycles. The molecule has 0 rings (SSSR count). The molecule has 3 atom stereocenters. The van der Waals surface area contributed by atoms with Gasteiger partial charge < -0.3 is 37.0 Å². The zero-order valence-corrected chi connectivity index (χ0v) is 28.2. The highest BCUT2D eigenvalue weighted by atomic mass is 32.2. The molecule has 44 heavy (non-hydrogen) atoms. The third-order valence-corrected chi connectivity index (χ3v) is 7.60. The first-order valence-electron chi connectivity index (χ1n) is 15.6. The summed E-state index contributed by atoms with van der Waals surface area (Å²) in [6, 6.07) is -3.28. The first-order valence-corrected chi connectivity index (χ1v) is 17.0. The van der Waals surface area contributed by atoms with Gasteiger partial charge in [-0.2, -0.15) is 11.8 Å². The van der Waals surface area contributed by atoms with E-state index in [1.807, 2.05) is 20.1 Å². The van der Waals surface area contributed by atoms with E-state index in [0.717, 1.165) is 19.3 Å². The van der Waals surface area contributed by atoms with Crippen molar-refractivity contribution in [2.75, 3.05) is 38.7 Å². The average Bonchev–Trinajstić information content (AvgIpc) is 2.96. The molecule has 0 aliphatic rings. The average molecular weight is 645 g/mol. The van der Waals surface area contributed by atoms with Gasteiger partial charge in [0.25, 0.3) is 0 Å². The molecule has 0 aliphatic carbocycles. The van der Waals surface area contributed by atoms with E-state index in [4.69, 9.17) is 0 Å². The molecule has 14 heteroatoms. The number of hydrogen-bond acceptors (Lipinski definition) is 8. The molecular weight excluding hydrogens is 588 g/mol. The minimum absolute atomic E-state index is 0.0492. The van der Waals surface area contributed by atoms with E-state index < -0.39 is 35.9 Å². The molecule has 0 unspecified atom stereocenters. The number of carboxylic acid groups (broad SMARTS) is 1. The van der Waals surface area contributed by atoms with Crippen molar-refractivity contribution in [1.29, 1.82) is 0 Å². The Labute approximate surface area is 267 Å². The number of rotatable bonds is 25. The van der Waals surface area contributed by atoms with E-state index in [-0.39, 0.29) is 42.4 Å². The molecule has 0 saturated carbocycles. The predicted molar refractivity (Wildman–Crippen MR) is 173 cm³/mol. The second-order valence-corrected chi connectivity index (χ2v) is 12.5. The van der Waals surface area contributed by atoms with Gasteiger partial charge >= 0.3 is 12.0 Å². The van der Waals surface area contributed by atoms with Crippen LogP contribution in [-0.4, -0.2) is 97.4 Å². The molecule has 0 bridgehead atoms. The van der Waals surface area contributed by atoms with Crippen LogP contribution in [0.4, 0.5) is 4.79 Å². The smallest absolute Gasteiger partial charge is 0.326 e. The normalized spacial score (nSPS) is 13.1. The van der Waals surface area contributed by atoms with Gasteiger partial charge in [-0.3, -0.25) is 19.2 Å². The fourth-order valence-electron chi connectivity index (χ4n) is 4.15. The van der Waals surface area contributed by atoms with E-state index in [0.29, 0.717) is 51.1 Å². The van der Waals surface area contributed by atoms with Gasteiger partial charge in [-0.25, -0.2) is 9.59 Å². The number of Topliss-reactive ketones (excluding diaryl/α,β-unsaturated/α-hetero) is 1. The maximum absolute atomic E-state index is 13.1. The van der Waals surface area contributed by atoms with Crippen molar-refractivity contribution in [2.24, 2.45) is 11.8 Å². The summed E-state index contributed by atoms with van der Waals surface area (Å²) in [5.74, 6) is -1.99. The number of amides is 5. The predicted octanol–water partition coefficient (Wildman–Crippen LogP) is 1.80. The maximum Gasteiger partial charge on any atom is 0.326 e. The van der Waals surface area contributed by atoms with Crippen molar-refractivity contribution in [3.05, 3.63) is 0 Å². The quantitative estimate of drug-likeness (QED) is 0.0726. The van der Waals surface area contributed by atoms with Crippen LogP contribution in [0.1, 0.15) is 85.5 Å². The van der Waals surface area contributed by atoms with Crippen molar-refractivity contribution in [2.45, 2.75) is 104 Å². The molecule has 13 nitrogen and oxygen atoms in total. The first kappa shape index (κ1) is 41.1. The highest BCUT2D eigenvalue weighted by Crippen LogP contribution is 2.09. The third kappa shape index (κ3) is 19.4. The van der Waals surface area contributed by atoms with E-state index in [1.54, 1.807) is 20.9 Å². The summed E-state index contributed by atoms with van der Waals surface area (Å²) >= 11 is 1.53. The van der Waals surface area contributed by atoms with Gasteiger partial charge in [0, 0.05) is 38.4 Å². The van der Waals surface area contributed by atoms with Crippen LogP contribution in [0, 0.1) is 11.8 Å². The Kier molecular flexibility index (Phi) is 22.9. The van der Waals surface area contributed by atoms with Gasteiger partial charge in [0.1, 0.15) is 23.9 Å². The van der Waals surface area contributed by atoms with Crippen LogP contribution < -0.4 is 31.9 Å². The number of unbranched alkanes of at least 4 members (excludes halogenated alkanes) is 3. The molecule has 0 fully saturated rings. The molecule has 5 amide bonds. The summed E-state index contributed by atoms with van der Waals surface area (Å²) < 4.78 is 0. The molecule has 0 radical (unpaired) electrons. The molecule has 0 saturated heterocycles. The third-order valence-electron chi connectivity index (χ3n) is 6.96. The lowest BCUT2D eigenvalue weighted by molar-refractivity contribution is -0.142. The maximum atomic E-state index is 13.1. The van der Waals surface area contributed by atoms with Crippen molar-refractivity contribution < 1.29 is 33.9 Å². The summed E-state index contributed by atoms with van der Waals surface area (Å²) in [5, 5.41) is 26.0. The summed E-state index contributed by atoms with van der Waals surface area (Å²) in [6.45, 7) is 8.57. The Balaban J connectivity index is 4.70. The molecule has 0 aromatic heterocycles. The fraction of sp³-hybridized carbons (Fsp3) is 0.800. The Bertz CT molecular complexity index is 903. The molecule has 0 spiro atoms. The van der Waals surface area contributed by atoms with Gasteiger partial charge in [0.2, 0.25) is 17.7 Å². The van der Waals surface area contributed by atoms with Crippen molar-refractivity contribution in [3.8, 4) is 0 Å². The first-order chi connectivity index (χ1) is 20.8. The number of nitrogens with one attached hydrogen (secondary N) is 6. The van der Waals surface area contributed by atoms with Crippen LogP contribution in [0.5, 0.6) is 0 Å². The number of aliphatic carboxylic acids is 1. The Morgan fingerprint density at radius 1 is 0.705 bits per heavy atom. The lowest BCUT2D eigenvalue weighted by Gasteiger charge is -2.26. The number of thioether (sulfide) groups is 1. The number of hydrogen-bond donors (Lipinski definition) is 7. The fourth-order valence-corrected chi connectivity index (χ4v) is 4.62. The minimum atomic E-state index is -1.19. The van der Waals surface area contributed by atoms with E-state index in [9.17, 15) is 33.9 Å². The number of ketones is 1. The second kappa shape index (κ2) is 24.5. The topological polar surface area (TPSA) is 195 Å². The van der Waals surface area contributed by atoms with Gasteiger partial charge in [-0.15, -0.1) is 0 Å². The molecule has 254 valence electrons. The van der Waals surface area contributed by atoms with Crippen molar-refractivity contribution >= 4 is 47.3 Å². The summed E-state index contributed by atoms with van der Waals surface area (Å²) in [6.07, 6.45) is 6.58. The highest BCUT2D eigenvalue weighted by Gasteiger charge is 2.31. The zero-order chi connectivity index (χ0) is 33.5. The minimum Gasteiger partial charge on any atom is -0.480 e. The van der Waals surface area contributed by atoms with Crippen LogP contribution in [0.2, 0.25) is 0 Å². The Morgan fingerprint density at radius 3 is 1.89 bits per heavy atom. The number of carboxylic acids is 1. The van der Waals surface area contributed by atoms with E-state index >= 15 is 0 Å². The summed E-state index contributed by atoms with van der Waals surface area (Å²) in [7, 11) is 1.72. The lowest BCUT2D eigenvalue weighted by atomic mass is 10.0. The van der Waals surface area contributed by atoms with Crippen molar-refractivity contribution in [1.82, 2.24) is 31.9 Å². The number of carbonyl (C=O) groups excluding carboxylic acids is 5. The largest absolute Gasteiger partial charge is 0.480 e. The highest BCUT2D eigenvalue weighted by molar-refractivity contribution is 7.98. The standard InChI is InChI=1S/C30H56N6O7S/c1-20(2)24(37)13-8-7-10-16-32-30(43)33-17-11-9-12-23(29(41)42)35-28(40)26(21(3)4)36-27(39)22(15-19-44-6)34-25(38)14-18-31-5/h20-23,26,31H,7-19H2,1-6H3,(H,34,38)(H,35,40)(H,36,39)(H,41,42)(H2,32,33,43)/t22-,23-,26-/m0/s1. The molecule has 7 N–H and O–H groups in total. The monoisotopic (exact) mass is 644 g/mol. The van der Waals surface area contributed by atoms with Gasteiger partial charge in [0.15, 0.2) is 0 Å². The molecule has 0 aromatic carbocycles. The Morgan fingerprint density at radius 2 is 1.34 bits per heavy atom. The van der Waals surface area contributed by atoms with Crippen LogP contribution in [0.15, 0.2) is 0 Å². The van der Waals surface area contributed by atoms with Crippen LogP contribution >= 0.6 is 11.8 Å². The lowest BCUT2D eigenvalue weighted by Crippen LogP contribution is -2.57. The van der Waals surface area contributed by atoms with Gasteiger partial charge in [0.05, 0.1) is 0 Å². The number of urea groups is 1. The zero-order valence-electron chi connectivity index (χ0n) is 27.4. The van der Waals surface area contributed by atoms with Gasteiger partial charge in [-0.05, 0) is 63.5 Å². The molecule has 0 aliphatic heterocycles. The number of carbonyl (C=O) groups is 6. The Hall–Kier alpha value is -2.87. The van der Waals surface area contributed by atoms with Crippen LogP contribution in [0.25, 0.3) is 0 Å². The molecule has 0 aromatic rings. The van der Waals surface area contributed by atoms with E-state index in [2.05, 4.69) is 31.9 Å².